The number of H-pyrrole nitrogens is 1. The average Bonchev–Trinajstić information content (AvgIpc) is 3.17. The van der Waals surface area contributed by atoms with Crippen LogP contribution >= 0.6 is 15.9 Å². The van der Waals surface area contributed by atoms with Crippen molar-refractivity contribution >= 4 is 38.6 Å². The summed E-state index contributed by atoms with van der Waals surface area (Å²) in [4.78, 5) is 34.2. The molecule has 160 valence electrons. The maximum Gasteiger partial charge on any atom is 0.254 e. The van der Waals surface area contributed by atoms with Crippen molar-refractivity contribution in [1.82, 2.24) is 14.8 Å². The zero-order valence-electron chi connectivity index (χ0n) is 17.8. The molecule has 1 N–H and O–H groups in total. The van der Waals surface area contributed by atoms with Crippen LogP contribution in [0.4, 0.5) is 0 Å². The number of fused-ring (bicyclic) bond motifs is 5. The number of benzene rings is 2. The van der Waals surface area contributed by atoms with Gasteiger partial charge in [0.2, 0.25) is 5.91 Å². The molecule has 3 heterocycles. The number of halogens is 1. The van der Waals surface area contributed by atoms with Crippen LogP contribution in [0.3, 0.4) is 0 Å². The Morgan fingerprint density at radius 2 is 1.87 bits per heavy atom. The highest BCUT2D eigenvalue weighted by atomic mass is 79.9. The van der Waals surface area contributed by atoms with Gasteiger partial charge < -0.3 is 14.8 Å². The van der Waals surface area contributed by atoms with E-state index in [1.54, 1.807) is 4.90 Å². The molecule has 31 heavy (non-hydrogen) atoms. The van der Waals surface area contributed by atoms with Gasteiger partial charge in [0.15, 0.2) is 5.54 Å². The highest BCUT2D eigenvalue weighted by molar-refractivity contribution is 9.10. The number of piperazine rings is 1. The maximum absolute atomic E-state index is 13.8. The number of nitrogens with zero attached hydrogens (tertiary/aromatic N) is 2. The van der Waals surface area contributed by atoms with Gasteiger partial charge in [-0.25, -0.2) is 0 Å². The molecule has 0 spiro atoms. The lowest BCUT2D eigenvalue weighted by Crippen LogP contribution is -2.67. The van der Waals surface area contributed by atoms with E-state index in [1.165, 1.54) is 0 Å². The minimum absolute atomic E-state index is 0.00580. The first-order valence-electron chi connectivity index (χ1n) is 10.9. The molecular formula is C25H26BrN3O2. The largest absolute Gasteiger partial charge is 0.356 e. The molecule has 2 aliphatic heterocycles. The van der Waals surface area contributed by atoms with E-state index in [1.807, 2.05) is 42.2 Å². The van der Waals surface area contributed by atoms with Crippen molar-refractivity contribution in [3.05, 3.63) is 69.8 Å². The number of para-hydroxylation sites is 1. The summed E-state index contributed by atoms with van der Waals surface area (Å²) in [5.41, 5.74) is 3.12. The quantitative estimate of drug-likeness (QED) is 0.586. The molecule has 2 aliphatic rings. The number of aromatic amines is 1. The molecule has 2 aromatic carbocycles. The van der Waals surface area contributed by atoms with E-state index >= 15 is 0 Å². The summed E-state index contributed by atoms with van der Waals surface area (Å²) in [6.45, 7) is 5.30. The minimum Gasteiger partial charge on any atom is -0.356 e. The third-order valence-electron chi connectivity index (χ3n) is 6.87. The Balaban J connectivity index is 1.72. The molecule has 1 fully saturated rings. The molecule has 0 radical (unpaired) electrons. The van der Waals surface area contributed by atoms with Crippen LogP contribution in [0, 0.1) is 0 Å². The second-order valence-electron chi connectivity index (χ2n) is 8.72. The van der Waals surface area contributed by atoms with Crippen LogP contribution in [-0.2, 0) is 15.1 Å². The van der Waals surface area contributed by atoms with Crippen LogP contribution in [0.5, 0.6) is 0 Å². The first-order chi connectivity index (χ1) is 14.9. The second kappa shape index (κ2) is 7.52. The summed E-state index contributed by atoms with van der Waals surface area (Å²) in [5, 5.41) is 1.12. The Morgan fingerprint density at radius 3 is 2.61 bits per heavy atom. The molecule has 0 bridgehead atoms. The Morgan fingerprint density at radius 1 is 1.13 bits per heavy atom. The number of hydrogen-bond acceptors (Lipinski definition) is 2. The molecule has 1 aromatic heterocycles. The first-order valence-corrected chi connectivity index (χ1v) is 11.7. The SMILES string of the molecule is CCCCN1CC(=O)N2C[C@H](c3ccc(Br)cc3)c3c([nH]c4ccccc34)[C@@]2(C)C1=O. The number of unbranched alkanes of at least 4 members (excludes halogenated alkanes) is 1. The summed E-state index contributed by atoms with van der Waals surface area (Å²) in [7, 11) is 0. The van der Waals surface area contributed by atoms with Gasteiger partial charge in [-0.15, -0.1) is 0 Å². The highest BCUT2D eigenvalue weighted by Crippen LogP contribution is 2.48. The summed E-state index contributed by atoms with van der Waals surface area (Å²) in [5.74, 6) is 0.0403. The zero-order chi connectivity index (χ0) is 21.8. The van der Waals surface area contributed by atoms with E-state index in [2.05, 4.69) is 46.0 Å². The summed E-state index contributed by atoms with van der Waals surface area (Å²) >= 11 is 3.52. The third kappa shape index (κ3) is 3.03. The highest BCUT2D eigenvalue weighted by Gasteiger charge is 2.56. The number of hydrogen-bond donors (Lipinski definition) is 1. The molecule has 5 nitrogen and oxygen atoms in total. The molecule has 5 rings (SSSR count). The van der Waals surface area contributed by atoms with E-state index in [4.69, 9.17) is 0 Å². The van der Waals surface area contributed by atoms with Crippen molar-refractivity contribution in [2.75, 3.05) is 19.6 Å². The molecule has 0 aliphatic carbocycles. The van der Waals surface area contributed by atoms with Gasteiger partial charge >= 0.3 is 0 Å². The average molecular weight is 480 g/mol. The van der Waals surface area contributed by atoms with Crippen molar-refractivity contribution in [1.29, 1.82) is 0 Å². The topological polar surface area (TPSA) is 56.4 Å². The van der Waals surface area contributed by atoms with Gasteiger partial charge in [-0.1, -0.05) is 59.6 Å². The van der Waals surface area contributed by atoms with Gasteiger partial charge in [-0.3, -0.25) is 9.59 Å². The van der Waals surface area contributed by atoms with Gasteiger partial charge in [0, 0.05) is 34.4 Å². The van der Waals surface area contributed by atoms with Gasteiger partial charge in [0.05, 0.1) is 12.2 Å². The summed E-state index contributed by atoms with van der Waals surface area (Å²) in [6.07, 6.45) is 1.89. The van der Waals surface area contributed by atoms with E-state index < -0.39 is 5.54 Å². The molecule has 0 unspecified atom stereocenters. The monoisotopic (exact) mass is 479 g/mol. The van der Waals surface area contributed by atoms with Crippen molar-refractivity contribution < 1.29 is 9.59 Å². The van der Waals surface area contributed by atoms with Crippen LogP contribution in [0.15, 0.2) is 53.0 Å². The maximum atomic E-state index is 13.8. The summed E-state index contributed by atoms with van der Waals surface area (Å²) in [6, 6.07) is 16.5. The number of carbonyl (C=O) groups excluding carboxylic acids is 2. The van der Waals surface area contributed by atoms with E-state index in [-0.39, 0.29) is 24.3 Å². The fraction of sp³-hybridized carbons (Fsp3) is 0.360. The Hall–Kier alpha value is -2.60. The van der Waals surface area contributed by atoms with E-state index in [0.717, 1.165) is 45.0 Å². The summed E-state index contributed by atoms with van der Waals surface area (Å²) < 4.78 is 1.02. The van der Waals surface area contributed by atoms with E-state index in [9.17, 15) is 9.59 Å². The number of rotatable bonds is 4. The second-order valence-corrected chi connectivity index (χ2v) is 9.64. The number of carbonyl (C=O) groups is 2. The van der Waals surface area contributed by atoms with Crippen molar-refractivity contribution in [3.8, 4) is 0 Å². The van der Waals surface area contributed by atoms with Gasteiger partial charge in [0.1, 0.15) is 0 Å². The standard InChI is InChI=1S/C25H26BrN3O2/c1-3-4-13-28-15-21(30)29-14-19(16-9-11-17(26)12-10-16)22-18-7-5-6-8-20(18)27-23(22)25(29,2)24(28)31/h5-12,19,27H,3-4,13-15H2,1-2H3/t19-,25+/m1/s1. The Labute approximate surface area is 190 Å². The Kier molecular flexibility index (Phi) is 4.93. The first kappa shape index (κ1) is 20.3. The fourth-order valence-electron chi connectivity index (χ4n) is 5.20. The normalized spacial score (nSPS) is 23.3. The molecule has 0 saturated carbocycles. The smallest absolute Gasteiger partial charge is 0.254 e. The molecule has 2 amide bonds. The van der Waals surface area contributed by atoms with E-state index in [0.29, 0.717) is 13.1 Å². The lowest BCUT2D eigenvalue weighted by Gasteiger charge is -2.51. The molecular weight excluding hydrogens is 454 g/mol. The number of amides is 2. The molecule has 6 heteroatoms. The lowest BCUT2D eigenvalue weighted by molar-refractivity contribution is -0.166. The van der Waals surface area contributed by atoms with Gasteiger partial charge in [-0.05, 0) is 42.7 Å². The number of aromatic nitrogens is 1. The predicted octanol–water partition coefficient (Wildman–Crippen LogP) is 4.76. The van der Waals surface area contributed by atoms with Gasteiger partial charge in [0.25, 0.3) is 5.91 Å². The predicted molar refractivity (Wildman–Crippen MR) is 125 cm³/mol. The number of nitrogens with one attached hydrogen (secondary N) is 1. The van der Waals surface area contributed by atoms with Crippen molar-refractivity contribution in [2.24, 2.45) is 0 Å². The van der Waals surface area contributed by atoms with Crippen molar-refractivity contribution in [2.45, 2.75) is 38.1 Å². The Bertz CT molecular complexity index is 1170. The van der Waals surface area contributed by atoms with Crippen LogP contribution in [0.25, 0.3) is 10.9 Å². The third-order valence-corrected chi connectivity index (χ3v) is 7.40. The van der Waals surface area contributed by atoms with Crippen LogP contribution in [0.1, 0.15) is 49.4 Å². The van der Waals surface area contributed by atoms with Crippen LogP contribution < -0.4 is 0 Å². The van der Waals surface area contributed by atoms with Crippen LogP contribution in [-0.4, -0.2) is 46.2 Å². The van der Waals surface area contributed by atoms with Crippen molar-refractivity contribution in [3.63, 3.8) is 0 Å². The zero-order valence-corrected chi connectivity index (χ0v) is 19.4. The minimum atomic E-state index is -1.01. The molecule has 3 aromatic rings. The molecule has 1 saturated heterocycles. The lowest BCUT2D eigenvalue weighted by atomic mass is 9.76. The van der Waals surface area contributed by atoms with Crippen LogP contribution in [0.2, 0.25) is 0 Å². The molecule has 2 atom stereocenters. The fourth-order valence-corrected chi connectivity index (χ4v) is 5.46. The van der Waals surface area contributed by atoms with Gasteiger partial charge in [-0.2, -0.15) is 0 Å².